The average molecular weight is 907 g/mol. The van der Waals surface area contributed by atoms with E-state index in [1.807, 2.05) is 92.3 Å². The molecule has 1 aromatic rings. The Hall–Kier alpha value is -3.11. The summed E-state index contributed by atoms with van der Waals surface area (Å²) in [4.78, 5) is 72.2. The summed E-state index contributed by atoms with van der Waals surface area (Å²) >= 11 is 0. The van der Waals surface area contributed by atoms with E-state index >= 15 is 0 Å². The molecule has 1 aromatic carbocycles. The Kier molecular flexibility index (Phi) is 19.3. The molecule has 0 spiro atoms. The highest BCUT2D eigenvalue weighted by Gasteiger charge is 2.52. The largest absolute Gasteiger partial charge is 0.449 e. The number of ketones is 3. The topological polar surface area (TPSA) is 125 Å². The molecule has 0 radical (unpaired) electrons. The molecule has 10 heteroatoms. The summed E-state index contributed by atoms with van der Waals surface area (Å²) in [6, 6.07) is 7.91. The molecule has 2 saturated heterocycles. The van der Waals surface area contributed by atoms with E-state index in [4.69, 9.17) is 4.74 Å². The number of nitrogens with zero attached hydrogens (tertiary/aromatic N) is 2. The van der Waals surface area contributed by atoms with Crippen LogP contribution in [0, 0.1) is 16.2 Å². The van der Waals surface area contributed by atoms with Gasteiger partial charge in [0.05, 0.1) is 23.2 Å². The molecule has 0 saturated carbocycles. The molecule has 0 bridgehead atoms. The number of nitrogens with one attached hydrogen (secondary N) is 2. The minimum absolute atomic E-state index is 0.0386. The van der Waals surface area contributed by atoms with E-state index in [-0.39, 0.29) is 40.4 Å². The predicted molar refractivity (Wildman–Crippen MR) is 266 cm³/mol. The zero-order valence-electron chi connectivity index (χ0n) is 44.3. The third-order valence-corrected chi connectivity index (χ3v) is 13.3. The minimum Gasteiger partial charge on any atom is -0.449 e. The first kappa shape index (κ1) is 56.2. The van der Waals surface area contributed by atoms with Crippen LogP contribution in [-0.4, -0.2) is 93.1 Å². The van der Waals surface area contributed by atoms with Crippen molar-refractivity contribution in [3.8, 4) is 0 Å². The van der Waals surface area contributed by atoms with Gasteiger partial charge in [-0.1, -0.05) is 132 Å². The van der Waals surface area contributed by atoms with Gasteiger partial charge in [0.1, 0.15) is 0 Å². The van der Waals surface area contributed by atoms with Gasteiger partial charge in [0, 0.05) is 52.5 Å². The van der Waals surface area contributed by atoms with Gasteiger partial charge in [0.2, 0.25) is 0 Å². The third-order valence-electron chi connectivity index (χ3n) is 13.3. The van der Waals surface area contributed by atoms with Crippen LogP contribution in [0.15, 0.2) is 24.3 Å². The number of amides is 2. The lowest BCUT2D eigenvalue weighted by atomic mass is 9.72. The number of Topliss-reactive ketones (excluding diaryl/α,β-unsaturated/α-hetero) is 3. The highest BCUT2D eigenvalue weighted by Crippen LogP contribution is 2.38. The lowest BCUT2D eigenvalue weighted by Gasteiger charge is -2.43. The average Bonchev–Trinajstić information content (AvgIpc) is 3.79. The molecule has 0 aromatic heterocycles. The predicted octanol–water partition coefficient (Wildman–Crippen LogP) is 11.8. The van der Waals surface area contributed by atoms with E-state index in [1.165, 1.54) is 0 Å². The fraction of sp³-hybridized carbons (Fsp3) is 0.800. The van der Waals surface area contributed by atoms with E-state index in [9.17, 15) is 24.0 Å². The van der Waals surface area contributed by atoms with Crippen molar-refractivity contribution >= 4 is 29.4 Å². The van der Waals surface area contributed by atoms with Crippen molar-refractivity contribution in [2.45, 2.75) is 241 Å². The molecular formula is C55H94N4O6. The number of ether oxygens (including phenoxy) is 1. The van der Waals surface area contributed by atoms with Crippen molar-refractivity contribution in [1.29, 1.82) is 0 Å². The first-order chi connectivity index (χ1) is 29.8. The molecular weight excluding hydrogens is 813 g/mol. The van der Waals surface area contributed by atoms with Gasteiger partial charge >= 0.3 is 6.09 Å². The molecule has 0 aliphatic carbocycles. The van der Waals surface area contributed by atoms with Gasteiger partial charge in [0.25, 0.3) is 5.91 Å². The van der Waals surface area contributed by atoms with Crippen molar-refractivity contribution in [2.75, 3.05) is 26.2 Å². The summed E-state index contributed by atoms with van der Waals surface area (Å²) < 4.78 is 5.71. The van der Waals surface area contributed by atoms with Crippen LogP contribution >= 0.6 is 0 Å². The molecule has 2 fully saturated rings. The van der Waals surface area contributed by atoms with Crippen molar-refractivity contribution in [3.63, 3.8) is 0 Å². The number of rotatable bonds is 22. The number of benzene rings is 1. The van der Waals surface area contributed by atoms with E-state index < -0.39 is 32.9 Å². The molecule has 2 amide bonds. The summed E-state index contributed by atoms with van der Waals surface area (Å²) in [5.41, 5.74) is -2.50. The number of hydrogen-bond donors (Lipinski definition) is 2. The summed E-state index contributed by atoms with van der Waals surface area (Å²) in [5, 5.41) is 7.41. The van der Waals surface area contributed by atoms with Crippen LogP contribution in [0.3, 0.4) is 0 Å². The number of unbranched alkanes of at least 4 members (excludes halogenated alkanes) is 8. The van der Waals surface area contributed by atoms with Crippen molar-refractivity contribution in [3.05, 3.63) is 35.4 Å². The van der Waals surface area contributed by atoms with Gasteiger partial charge in [-0.3, -0.25) is 24.5 Å². The third kappa shape index (κ3) is 16.0. The first-order valence-electron chi connectivity index (χ1n) is 25.3. The number of hydrogen-bond acceptors (Lipinski definition) is 8. The van der Waals surface area contributed by atoms with Gasteiger partial charge < -0.3 is 19.9 Å². The number of likely N-dealkylation sites (tertiary alicyclic amines) is 2. The molecule has 2 aliphatic heterocycles. The second kappa shape index (κ2) is 22.3. The second-order valence-corrected chi connectivity index (χ2v) is 25.2. The normalized spacial score (nSPS) is 20.8. The van der Waals surface area contributed by atoms with Gasteiger partial charge in [0.15, 0.2) is 17.3 Å². The summed E-state index contributed by atoms with van der Waals surface area (Å²) in [7, 11) is 0. The zero-order valence-corrected chi connectivity index (χ0v) is 44.3. The molecule has 2 aliphatic rings. The lowest BCUT2D eigenvalue weighted by molar-refractivity contribution is -0.135. The van der Waals surface area contributed by atoms with Crippen LogP contribution in [0.5, 0.6) is 0 Å². The molecule has 2 heterocycles. The lowest BCUT2D eigenvalue weighted by Crippen LogP contribution is -2.63. The van der Waals surface area contributed by atoms with Crippen LogP contribution in [0.2, 0.25) is 0 Å². The first-order valence-corrected chi connectivity index (χ1v) is 25.3. The number of aryl methyl sites for hydroxylation is 1. The van der Waals surface area contributed by atoms with Crippen LogP contribution in [0.4, 0.5) is 4.79 Å². The fourth-order valence-corrected chi connectivity index (χ4v) is 10.7. The summed E-state index contributed by atoms with van der Waals surface area (Å²) in [6.07, 6.45) is 13.8. The van der Waals surface area contributed by atoms with Gasteiger partial charge in [-0.15, -0.1) is 0 Å². The zero-order chi connectivity index (χ0) is 49.3. The smallest absolute Gasteiger partial charge is 0.409 e. The van der Waals surface area contributed by atoms with Crippen LogP contribution in [-0.2, 0) is 25.5 Å². The van der Waals surface area contributed by atoms with Crippen molar-refractivity contribution < 1.29 is 28.7 Å². The standard InChI is InChI=1S/C55H94N4O6/c1-48(2,3)44(61)53(16)33-29-37-59(53)43(60)42-32-25-24-31-41(42)30-23-19-21-27-35-54(56-51(10,11)12,45(62)49(4,5)6)34-26-20-17-18-22-28-39-65-47(64)58-38-36-55(40-58,57-52(13,14)15)46(63)50(7,8)9/h24-25,31-32,56-57H,17-23,26-30,33-40H2,1-16H3/t53-,54?,55-/m0/s1. The molecule has 1 unspecified atom stereocenters. The van der Waals surface area contributed by atoms with E-state index in [1.54, 1.807) is 4.90 Å². The molecule has 2 N–H and O–H groups in total. The minimum atomic E-state index is -0.788. The SMILES string of the molecule is CC(C)(C)NC(CCCCCCCCOC(=O)N1CC[C@@](NC(C)(C)C)(C(=O)C(C)(C)C)C1)(CCCCCCc1ccccc1C(=O)N1CCC[C@@]1(C)C(=O)C(C)(C)C)C(=O)C(C)(C)C. The maximum absolute atomic E-state index is 14.4. The van der Waals surface area contributed by atoms with Gasteiger partial charge in [-0.25, -0.2) is 4.79 Å². The summed E-state index contributed by atoms with van der Waals surface area (Å²) in [6.45, 7) is 34.1. The van der Waals surface area contributed by atoms with Gasteiger partial charge in [-0.2, -0.15) is 0 Å². The molecule has 10 nitrogen and oxygen atoms in total. The molecule has 370 valence electrons. The quantitative estimate of drug-likeness (QED) is 0.110. The van der Waals surface area contributed by atoms with Crippen molar-refractivity contribution in [2.24, 2.45) is 16.2 Å². The monoisotopic (exact) mass is 907 g/mol. The second-order valence-electron chi connectivity index (χ2n) is 25.2. The Morgan fingerprint density at radius 3 is 1.71 bits per heavy atom. The van der Waals surface area contributed by atoms with Crippen LogP contribution < -0.4 is 10.6 Å². The Morgan fingerprint density at radius 2 is 1.17 bits per heavy atom. The van der Waals surface area contributed by atoms with E-state index in [2.05, 4.69) is 58.2 Å². The maximum Gasteiger partial charge on any atom is 0.409 e. The Morgan fingerprint density at radius 1 is 0.631 bits per heavy atom. The maximum atomic E-state index is 14.4. The van der Waals surface area contributed by atoms with E-state index in [0.29, 0.717) is 44.6 Å². The van der Waals surface area contributed by atoms with Gasteiger partial charge in [-0.05, 0) is 111 Å². The molecule has 3 rings (SSSR count). The summed E-state index contributed by atoms with van der Waals surface area (Å²) in [5.74, 6) is 0.487. The number of carbonyl (C=O) groups excluding carboxylic acids is 5. The number of carbonyl (C=O) groups is 5. The Balaban J connectivity index is 1.51. The highest BCUT2D eigenvalue weighted by atomic mass is 16.6. The molecule has 65 heavy (non-hydrogen) atoms. The van der Waals surface area contributed by atoms with Crippen LogP contribution in [0.25, 0.3) is 0 Å². The van der Waals surface area contributed by atoms with E-state index in [0.717, 1.165) is 95.5 Å². The van der Waals surface area contributed by atoms with Crippen molar-refractivity contribution in [1.82, 2.24) is 20.4 Å². The fourth-order valence-electron chi connectivity index (χ4n) is 10.7. The highest BCUT2D eigenvalue weighted by molar-refractivity contribution is 6.02. The molecule has 3 atom stereocenters. The Bertz CT molecular complexity index is 1770. The van der Waals surface area contributed by atoms with Crippen LogP contribution in [0.1, 0.15) is 223 Å². The Labute approximate surface area is 396 Å².